The highest BCUT2D eigenvalue weighted by Gasteiger charge is 2.56. The normalized spacial score (nSPS) is 31.4. The fourth-order valence-corrected chi connectivity index (χ4v) is 4.22. The van der Waals surface area contributed by atoms with Crippen LogP contribution in [-0.2, 0) is 4.74 Å². The standard InChI is InChI=1S/C16H29N3O.HI/c1-2-20-14-10-13(16(14)8-3-4-9-16)19-15(17)18-11-12-6-5-7-12;/h12-14H,2-11H2,1H3,(H3,17,18,19);1H. The zero-order valence-corrected chi connectivity index (χ0v) is 15.5. The number of nitrogens with one attached hydrogen (secondary N) is 1. The summed E-state index contributed by atoms with van der Waals surface area (Å²) in [5, 5.41) is 3.49. The molecule has 3 fully saturated rings. The van der Waals surface area contributed by atoms with E-state index in [4.69, 9.17) is 10.5 Å². The summed E-state index contributed by atoms with van der Waals surface area (Å²) < 4.78 is 5.93. The van der Waals surface area contributed by atoms with Crippen LogP contribution in [0.4, 0.5) is 0 Å². The van der Waals surface area contributed by atoms with E-state index in [-0.39, 0.29) is 24.0 Å². The lowest BCUT2D eigenvalue weighted by Crippen LogP contribution is -2.64. The van der Waals surface area contributed by atoms with Crippen molar-refractivity contribution in [2.45, 2.75) is 70.4 Å². The minimum absolute atomic E-state index is 0. The first-order chi connectivity index (χ1) is 9.74. The van der Waals surface area contributed by atoms with E-state index in [1.165, 1.54) is 44.9 Å². The Morgan fingerprint density at radius 2 is 2.00 bits per heavy atom. The summed E-state index contributed by atoms with van der Waals surface area (Å²) in [7, 11) is 0. The molecule has 1 spiro atoms. The zero-order chi connectivity index (χ0) is 14.0. The molecule has 3 rings (SSSR count). The average Bonchev–Trinajstić information content (AvgIpc) is 2.88. The molecule has 21 heavy (non-hydrogen) atoms. The van der Waals surface area contributed by atoms with Crippen molar-refractivity contribution >= 4 is 29.9 Å². The van der Waals surface area contributed by atoms with E-state index in [0.717, 1.165) is 25.5 Å². The van der Waals surface area contributed by atoms with Gasteiger partial charge >= 0.3 is 0 Å². The van der Waals surface area contributed by atoms with Crippen molar-refractivity contribution in [2.24, 2.45) is 22.1 Å². The predicted molar refractivity (Wildman–Crippen MR) is 97.1 cm³/mol. The van der Waals surface area contributed by atoms with E-state index in [9.17, 15) is 0 Å². The number of nitrogens with two attached hydrogens (primary N) is 1. The number of nitrogens with zero attached hydrogens (tertiary/aromatic N) is 1. The number of rotatable bonds is 5. The molecular weight excluding hydrogens is 377 g/mol. The van der Waals surface area contributed by atoms with Gasteiger partial charge in [-0.3, -0.25) is 4.99 Å². The smallest absolute Gasteiger partial charge is 0.188 e. The molecule has 0 aliphatic heterocycles. The fourth-order valence-electron chi connectivity index (χ4n) is 4.22. The molecule has 3 aliphatic rings. The molecule has 122 valence electrons. The molecule has 3 aliphatic carbocycles. The summed E-state index contributed by atoms with van der Waals surface area (Å²) in [4.78, 5) is 4.54. The second-order valence-electron chi connectivity index (χ2n) is 6.84. The molecule has 0 aromatic heterocycles. The fraction of sp³-hybridized carbons (Fsp3) is 0.938. The van der Waals surface area contributed by atoms with Gasteiger partial charge < -0.3 is 15.8 Å². The van der Waals surface area contributed by atoms with Gasteiger partial charge in [-0.2, -0.15) is 0 Å². The van der Waals surface area contributed by atoms with Crippen LogP contribution in [0.2, 0.25) is 0 Å². The van der Waals surface area contributed by atoms with E-state index in [2.05, 4.69) is 17.2 Å². The van der Waals surface area contributed by atoms with Crippen LogP contribution < -0.4 is 11.1 Å². The first kappa shape index (κ1) is 17.3. The lowest BCUT2D eigenvalue weighted by atomic mass is 9.60. The second-order valence-corrected chi connectivity index (χ2v) is 6.84. The molecule has 0 radical (unpaired) electrons. The molecule has 0 bridgehead atoms. The highest BCUT2D eigenvalue weighted by atomic mass is 127. The average molecular weight is 407 g/mol. The summed E-state index contributed by atoms with van der Waals surface area (Å²) in [5.74, 6) is 1.44. The first-order valence-corrected chi connectivity index (χ1v) is 8.42. The quantitative estimate of drug-likeness (QED) is 0.419. The largest absolute Gasteiger partial charge is 0.378 e. The third-order valence-electron chi connectivity index (χ3n) is 5.75. The Labute approximate surface area is 145 Å². The van der Waals surface area contributed by atoms with Gasteiger partial charge in [0.25, 0.3) is 0 Å². The van der Waals surface area contributed by atoms with Crippen LogP contribution in [0.15, 0.2) is 4.99 Å². The van der Waals surface area contributed by atoms with Crippen molar-refractivity contribution in [1.29, 1.82) is 0 Å². The van der Waals surface area contributed by atoms with Gasteiger partial charge in [0.2, 0.25) is 0 Å². The third-order valence-corrected chi connectivity index (χ3v) is 5.75. The van der Waals surface area contributed by atoms with Crippen molar-refractivity contribution in [2.75, 3.05) is 13.2 Å². The van der Waals surface area contributed by atoms with Crippen molar-refractivity contribution in [3.63, 3.8) is 0 Å². The van der Waals surface area contributed by atoms with Gasteiger partial charge in [-0.25, -0.2) is 0 Å². The molecule has 0 amide bonds. The van der Waals surface area contributed by atoms with E-state index in [0.29, 0.717) is 23.5 Å². The summed E-state index contributed by atoms with van der Waals surface area (Å²) >= 11 is 0. The van der Waals surface area contributed by atoms with Gasteiger partial charge in [-0.05, 0) is 44.9 Å². The van der Waals surface area contributed by atoms with Crippen molar-refractivity contribution in [3.05, 3.63) is 0 Å². The molecule has 0 saturated heterocycles. The van der Waals surface area contributed by atoms with Gasteiger partial charge in [-0.1, -0.05) is 19.3 Å². The van der Waals surface area contributed by atoms with Crippen LogP contribution >= 0.6 is 24.0 Å². The highest BCUT2D eigenvalue weighted by molar-refractivity contribution is 14.0. The lowest BCUT2D eigenvalue weighted by Gasteiger charge is -2.54. The number of guanidine groups is 1. The predicted octanol–water partition coefficient (Wildman–Crippen LogP) is 3.05. The SMILES string of the molecule is CCOC1CC(NC(N)=NCC2CCC2)C12CCCC2.I. The van der Waals surface area contributed by atoms with Gasteiger partial charge in [0.15, 0.2) is 5.96 Å². The van der Waals surface area contributed by atoms with Crippen molar-refractivity contribution in [3.8, 4) is 0 Å². The Morgan fingerprint density at radius 1 is 1.29 bits per heavy atom. The van der Waals surface area contributed by atoms with E-state index in [1.54, 1.807) is 0 Å². The van der Waals surface area contributed by atoms with Gasteiger partial charge in [0.05, 0.1) is 6.10 Å². The molecule has 3 N–H and O–H groups in total. The molecule has 2 unspecified atom stereocenters. The maximum absolute atomic E-state index is 6.08. The Balaban J connectivity index is 0.00000161. The van der Waals surface area contributed by atoms with Crippen LogP contribution in [0.5, 0.6) is 0 Å². The van der Waals surface area contributed by atoms with Crippen LogP contribution in [0.1, 0.15) is 58.3 Å². The van der Waals surface area contributed by atoms with E-state index < -0.39 is 0 Å². The number of hydrogen-bond acceptors (Lipinski definition) is 2. The molecule has 3 saturated carbocycles. The lowest BCUT2D eigenvalue weighted by molar-refractivity contribution is -0.125. The number of aliphatic imine (C=N–C) groups is 1. The summed E-state index contributed by atoms with van der Waals surface area (Å²) in [6.07, 6.45) is 10.8. The molecule has 4 nitrogen and oxygen atoms in total. The monoisotopic (exact) mass is 407 g/mol. The molecule has 0 aromatic rings. The number of halogens is 1. The Morgan fingerprint density at radius 3 is 2.57 bits per heavy atom. The van der Waals surface area contributed by atoms with Gasteiger partial charge in [-0.15, -0.1) is 24.0 Å². The van der Waals surface area contributed by atoms with Crippen LogP contribution in [0, 0.1) is 11.3 Å². The number of ether oxygens (including phenoxy) is 1. The van der Waals surface area contributed by atoms with Crippen LogP contribution in [-0.4, -0.2) is 31.3 Å². The minimum atomic E-state index is 0. The molecule has 0 heterocycles. The highest BCUT2D eigenvalue weighted by Crippen LogP contribution is 2.54. The topological polar surface area (TPSA) is 59.6 Å². The molecule has 2 atom stereocenters. The Kier molecular flexibility index (Phi) is 6.17. The van der Waals surface area contributed by atoms with E-state index >= 15 is 0 Å². The maximum Gasteiger partial charge on any atom is 0.188 e. The zero-order valence-electron chi connectivity index (χ0n) is 13.1. The molecule has 5 heteroatoms. The molecule has 0 aromatic carbocycles. The Bertz CT molecular complexity index is 365. The van der Waals surface area contributed by atoms with Gasteiger partial charge in [0, 0.05) is 24.6 Å². The summed E-state index contributed by atoms with van der Waals surface area (Å²) in [5.41, 5.74) is 6.42. The molecular formula is C16H30IN3O. The van der Waals surface area contributed by atoms with Crippen LogP contribution in [0.3, 0.4) is 0 Å². The summed E-state index contributed by atoms with van der Waals surface area (Å²) in [6, 6.07) is 0.478. The minimum Gasteiger partial charge on any atom is -0.378 e. The number of hydrogen-bond donors (Lipinski definition) is 2. The van der Waals surface area contributed by atoms with Crippen molar-refractivity contribution in [1.82, 2.24) is 5.32 Å². The van der Waals surface area contributed by atoms with E-state index in [1.807, 2.05) is 0 Å². The van der Waals surface area contributed by atoms with Crippen molar-refractivity contribution < 1.29 is 4.74 Å². The Hall–Kier alpha value is -0.0400. The van der Waals surface area contributed by atoms with Gasteiger partial charge in [0.1, 0.15) is 0 Å². The third kappa shape index (κ3) is 3.49. The van der Waals surface area contributed by atoms with Crippen LogP contribution in [0.25, 0.3) is 0 Å². The second kappa shape index (κ2) is 7.49. The maximum atomic E-state index is 6.08. The summed E-state index contributed by atoms with van der Waals surface area (Å²) in [6.45, 7) is 3.83. The first-order valence-electron chi connectivity index (χ1n) is 8.42.